The van der Waals surface area contributed by atoms with Crippen molar-refractivity contribution in [3.05, 3.63) is 34.4 Å². The molecule has 150 valence electrons. The predicted molar refractivity (Wildman–Crippen MR) is 100 cm³/mol. The molecule has 0 atom stereocenters. The van der Waals surface area contributed by atoms with E-state index in [1.807, 2.05) is 0 Å². The van der Waals surface area contributed by atoms with Gasteiger partial charge in [-0.05, 0) is 12.1 Å². The molecule has 2 aromatic rings. The smallest absolute Gasteiger partial charge is 0.283 e. The number of methoxy groups -OCH3 is 2. The minimum absolute atomic E-state index is 0.0113. The van der Waals surface area contributed by atoms with Gasteiger partial charge in [0, 0.05) is 46.6 Å². The van der Waals surface area contributed by atoms with Gasteiger partial charge in [0.25, 0.3) is 11.5 Å². The molecule has 0 N–H and O–H groups in total. The van der Waals surface area contributed by atoms with Gasteiger partial charge in [-0.3, -0.25) is 19.0 Å². The van der Waals surface area contributed by atoms with E-state index in [-0.39, 0.29) is 24.8 Å². The van der Waals surface area contributed by atoms with Crippen LogP contribution in [0.1, 0.15) is 10.5 Å². The minimum Gasteiger partial charge on any atom is -0.383 e. The van der Waals surface area contributed by atoms with Crippen molar-refractivity contribution in [3.8, 4) is 0 Å². The van der Waals surface area contributed by atoms with Gasteiger partial charge < -0.3 is 19.3 Å². The van der Waals surface area contributed by atoms with Crippen LogP contribution in [0.5, 0.6) is 0 Å². The lowest BCUT2D eigenvalue weighted by Crippen LogP contribution is -2.52. The van der Waals surface area contributed by atoms with Crippen molar-refractivity contribution >= 4 is 23.0 Å². The molecule has 0 aromatic carbocycles. The highest BCUT2D eigenvalue weighted by Crippen LogP contribution is 2.10. The topological polar surface area (TPSA) is 107 Å². The number of hydrogen-bond acceptors (Lipinski definition) is 7. The summed E-state index contributed by atoms with van der Waals surface area (Å²) in [5, 5.41) is 0. The van der Waals surface area contributed by atoms with E-state index in [1.165, 1.54) is 18.8 Å². The maximum absolute atomic E-state index is 13.0. The molecule has 1 fully saturated rings. The van der Waals surface area contributed by atoms with Crippen LogP contribution in [0, 0.1) is 0 Å². The van der Waals surface area contributed by atoms with Gasteiger partial charge in [0.2, 0.25) is 5.91 Å². The number of hydrogen-bond donors (Lipinski definition) is 0. The molecule has 1 saturated heterocycles. The number of rotatable bonds is 6. The monoisotopic (exact) mass is 389 g/mol. The van der Waals surface area contributed by atoms with Crippen molar-refractivity contribution < 1.29 is 19.1 Å². The first-order valence-electron chi connectivity index (χ1n) is 8.97. The Labute approximate surface area is 161 Å². The van der Waals surface area contributed by atoms with Gasteiger partial charge >= 0.3 is 0 Å². The predicted octanol–water partition coefficient (Wildman–Crippen LogP) is -0.631. The lowest BCUT2D eigenvalue weighted by molar-refractivity contribution is -0.136. The standard InChI is InChI=1S/C18H23N5O5/c1-27-11-10-23-16-13(4-3-5-19-16)20-15(18(23)26)17(25)22-8-6-21(7-9-22)14(24)12-28-2/h3-5H,6-12H2,1-2H3. The number of carbonyl (C=O) groups excluding carboxylic acids is 2. The second kappa shape index (κ2) is 8.89. The van der Waals surface area contributed by atoms with E-state index < -0.39 is 11.5 Å². The first kappa shape index (κ1) is 19.9. The Bertz CT molecular complexity index is 920. The molecule has 3 heterocycles. The fourth-order valence-corrected chi connectivity index (χ4v) is 3.13. The second-order valence-electron chi connectivity index (χ2n) is 6.36. The highest BCUT2D eigenvalue weighted by Gasteiger charge is 2.28. The first-order valence-corrected chi connectivity index (χ1v) is 8.97. The van der Waals surface area contributed by atoms with Crippen LogP contribution in [0.4, 0.5) is 0 Å². The summed E-state index contributed by atoms with van der Waals surface area (Å²) < 4.78 is 11.3. The molecule has 3 rings (SSSR count). The van der Waals surface area contributed by atoms with E-state index in [1.54, 1.807) is 28.1 Å². The summed E-state index contributed by atoms with van der Waals surface area (Å²) in [6.45, 7) is 2.03. The van der Waals surface area contributed by atoms with Crippen molar-refractivity contribution in [2.24, 2.45) is 0 Å². The average molecular weight is 389 g/mol. The maximum Gasteiger partial charge on any atom is 0.283 e. The van der Waals surface area contributed by atoms with Gasteiger partial charge in [0.15, 0.2) is 11.3 Å². The molecule has 1 aliphatic rings. The number of fused-ring (bicyclic) bond motifs is 1. The number of amides is 2. The average Bonchev–Trinajstić information content (AvgIpc) is 2.72. The summed E-state index contributed by atoms with van der Waals surface area (Å²) in [6.07, 6.45) is 1.57. The Hall–Kier alpha value is -2.85. The molecular formula is C18H23N5O5. The molecule has 0 spiro atoms. The van der Waals surface area contributed by atoms with E-state index in [4.69, 9.17) is 9.47 Å². The number of nitrogens with zero attached hydrogens (tertiary/aromatic N) is 5. The van der Waals surface area contributed by atoms with Crippen molar-refractivity contribution in [1.29, 1.82) is 0 Å². The maximum atomic E-state index is 13.0. The van der Waals surface area contributed by atoms with Crippen LogP contribution < -0.4 is 5.56 Å². The van der Waals surface area contributed by atoms with Crippen molar-refractivity contribution in [1.82, 2.24) is 24.3 Å². The molecule has 1 aliphatic heterocycles. The van der Waals surface area contributed by atoms with E-state index in [9.17, 15) is 14.4 Å². The fourth-order valence-electron chi connectivity index (χ4n) is 3.13. The SMILES string of the molecule is COCCn1c(=O)c(C(=O)N2CCN(C(=O)COC)CC2)nc2cccnc21. The summed E-state index contributed by atoms with van der Waals surface area (Å²) in [5.41, 5.74) is 0.242. The van der Waals surface area contributed by atoms with Crippen molar-refractivity contribution in [2.45, 2.75) is 6.54 Å². The van der Waals surface area contributed by atoms with E-state index in [0.29, 0.717) is 43.9 Å². The Morgan fingerprint density at radius 3 is 2.50 bits per heavy atom. The highest BCUT2D eigenvalue weighted by atomic mass is 16.5. The molecule has 10 nitrogen and oxygen atoms in total. The van der Waals surface area contributed by atoms with Crippen LogP contribution in [-0.4, -0.2) is 89.8 Å². The Kier molecular flexibility index (Phi) is 6.32. The molecule has 0 bridgehead atoms. The van der Waals surface area contributed by atoms with Gasteiger partial charge in [-0.15, -0.1) is 0 Å². The lowest BCUT2D eigenvalue weighted by atomic mass is 10.2. The third-order valence-corrected chi connectivity index (χ3v) is 4.61. The van der Waals surface area contributed by atoms with Gasteiger partial charge in [0.1, 0.15) is 12.1 Å². The van der Waals surface area contributed by atoms with Gasteiger partial charge in [-0.1, -0.05) is 0 Å². The van der Waals surface area contributed by atoms with Crippen molar-refractivity contribution in [2.75, 3.05) is 53.6 Å². The quantitative estimate of drug-likeness (QED) is 0.647. The molecule has 0 radical (unpaired) electrons. The summed E-state index contributed by atoms with van der Waals surface area (Å²) in [6, 6.07) is 3.41. The molecule has 0 unspecified atom stereocenters. The number of ether oxygens (including phenoxy) is 2. The third kappa shape index (κ3) is 4.02. The largest absolute Gasteiger partial charge is 0.383 e. The summed E-state index contributed by atoms with van der Waals surface area (Å²) in [7, 11) is 3.00. The number of aromatic nitrogens is 3. The molecule has 2 amide bonds. The minimum atomic E-state index is -0.494. The molecular weight excluding hydrogens is 366 g/mol. The molecule has 0 aliphatic carbocycles. The fraction of sp³-hybridized carbons (Fsp3) is 0.500. The van der Waals surface area contributed by atoms with Crippen LogP contribution in [0.2, 0.25) is 0 Å². The van der Waals surface area contributed by atoms with Crippen LogP contribution in [-0.2, 0) is 20.8 Å². The van der Waals surface area contributed by atoms with Gasteiger partial charge in [-0.25, -0.2) is 9.97 Å². The Morgan fingerprint density at radius 1 is 1.11 bits per heavy atom. The summed E-state index contributed by atoms with van der Waals surface area (Å²) >= 11 is 0. The zero-order valence-electron chi connectivity index (χ0n) is 16.0. The summed E-state index contributed by atoms with van der Waals surface area (Å²) in [4.78, 5) is 49.5. The molecule has 0 saturated carbocycles. The van der Waals surface area contributed by atoms with E-state index in [2.05, 4.69) is 9.97 Å². The number of carbonyl (C=O) groups is 2. The van der Waals surface area contributed by atoms with Crippen LogP contribution >= 0.6 is 0 Å². The van der Waals surface area contributed by atoms with Crippen molar-refractivity contribution in [3.63, 3.8) is 0 Å². The zero-order valence-corrected chi connectivity index (χ0v) is 16.0. The van der Waals surface area contributed by atoms with Gasteiger partial charge in [0.05, 0.1) is 13.2 Å². The molecule has 28 heavy (non-hydrogen) atoms. The van der Waals surface area contributed by atoms with E-state index in [0.717, 1.165) is 0 Å². The highest BCUT2D eigenvalue weighted by molar-refractivity contribution is 5.93. The van der Waals surface area contributed by atoms with E-state index >= 15 is 0 Å². The Morgan fingerprint density at radius 2 is 1.82 bits per heavy atom. The summed E-state index contributed by atoms with van der Waals surface area (Å²) in [5.74, 6) is -0.563. The number of piperazine rings is 1. The first-order chi connectivity index (χ1) is 13.6. The number of pyridine rings is 1. The normalized spacial score (nSPS) is 14.5. The lowest BCUT2D eigenvalue weighted by Gasteiger charge is -2.34. The van der Waals surface area contributed by atoms with Crippen LogP contribution in [0.15, 0.2) is 23.1 Å². The van der Waals surface area contributed by atoms with Gasteiger partial charge in [-0.2, -0.15) is 0 Å². The van der Waals surface area contributed by atoms with Crippen LogP contribution in [0.3, 0.4) is 0 Å². The van der Waals surface area contributed by atoms with Crippen LogP contribution in [0.25, 0.3) is 11.2 Å². The zero-order chi connectivity index (χ0) is 20.1. The second-order valence-corrected chi connectivity index (χ2v) is 6.36. The molecule has 10 heteroatoms. The Balaban J connectivity index is 1.85. The molecule has 2 aromatic heterocycles. The third-order valence-electron chi connectivity index (χ3n) is 4.61.